The maximum Gasteiger partial charge on any atom is 0.320 e. The second kappa shape index (κ2) is 11.0. The molecule has 1 saturated heterocycles. The average molecular weight is 456 g/mol. The van der Waals surface area contributed by atoms with E-state index in [1.54, 1.807) is 31.6 Å². The number of nitriles is 1. The lowest BCUT2D eigenvalue weighted by atomic mass is 10.1. The number of thiophene rings is 1. The summed E-state index contributed by atoms with van der Waals surface area (Å²) in [6.45, 7) is 1.98. The first kappa shape index (κ1) is 23.6. The van der Waals surface area contributed by atoms with E-state index in [2.05, 4.69) is 17.0 Å². The number of hydrogen-bond acceptors (Lipinski definition) is 8. The fraction of sp³-hybridized carbons (Fsp3) is 0.417. The van der Waals surface area contributed by atoms with Gasteiger partial charge in [-0.1, -0.05) is 0 Å². The third-order valence-electron chi connectivity index (χ3n) is 5.21. The molecule has 1 aliphatic heterocycles. The standard InChI is InChI=1S/C24H29N3O4S/c1-26(2)16-24(28)31-19-9-11-27(12-10-19)23-8-6-20(32-23)13-18(15-25)17-5-7-21(29-3)22(14-17)30-4/h5-8,13-14,19H,9-12,16H2,1-4H3. The normalized spacial score (nSPS) is 14.9. The van der Waals surface area contributed by atoms with Crippen molar-refractivity contribution in [2.75, 3.05) is 52.8 Å². The van der Waals surface area contributed by atoms with E-state index in [9.17, 15) is 10.1 Å². The van der Waals surface area contributed by atoms with Crippen LogP contribution >= 0.6 is 11.3 Å². The van der Waals surface area contributed by atoms with E-state index in [-0.39, 0.29) is 12.1 Å². The Morgan fingerprint density at radius 1 is 1.19 bits per heavy atom. The molecular formula is C24H29N3O4S. The summed E-state index contributed by atoms with van der Waals surface area (Å²) >= 11 is 1.65. The molecule has 0 aliphatic carbocycles. The predicted octanol–water partition coefficient (Wildman–Crippen LogP) is 3.90. The van der Waals surface area contributed by atoms with Gasteiger partial charge < -0.3 is 19.1 Å². The van der Waals surface area contributed by atoms with Gasteiger partial charge in [-0.2, -0.15) is 5.26 Å². The number of carbonyl (C=O) groups is 1. The molecule has 0 unspecified atom stereocenters. The zero-order valence-electron chi connectivity index (χ0n) is 19.0. The van der Waals surface area contributed by atoms with Crippen LogP contribution in [0.5, 0.6) is 11.5 Å². The van der Waals surface area contributed by atoms with Crippen LogP contribution in [-0.4, -0.2) is 64.9 Å². The predicted molar refractivity (Wildman–Crippen MR) is 127 cm³/mol. The number of anilines is 1. The Bertz CT molecular complexity index is 1000. The summed E-state index contributed by atoms with van der Waals surface area (Å²) in [5.41, 5.74) is 1.34. The first-order valence-electron chi connectivity index (χ1n) is 10.5. The summed E-state index contributed by atoms with van der Waals surface area (Å²) in [5.74, 6) is 1.05. The van der Waals surface area contributed by atoms with E-state index >= 15 is 0 Å². The van der Waals surface area contributed by atoms with E-state index in [0.29, 0.717) is 23.6 Å². The van der Waals surface area contributed by atoms with Gasteiger partial charge in [-0.15, -0.1) is 11.3 Å². The Labute approximate surface area is 193 Å². The van der Waals surface area contributed by atoms with Gasteiger partial charge in [0.1, 0.15) is 6.10 Å². The molecule has 2 heterocycles. The Kier molecular flexibility index (Phi) is 8.14. The van der Waals surface area contributed by atoms with Crippen LogP contribution in [0.2, 0.25) is 0 Å². The lowest BCUT2D eigenvalue weighted by Crippen LogP contribution is -2.38. The number of nitrogens with zero attached hydrogens (tertiary/aromatic N) is 3. The first-order chi connectivity index (χ1) is 15.4. The molecule has 7 nitrogen and oxygen atoms in total. The SMILES string of the molecule is COc1ccc(C(C#N)=Cc2ccc(N3CCC(OC(=O)CN(C)C)CC3)s2)cc1OC. The molecule has 0 radical (unpaired) electrons. The molecule has 170 valence electrons. The van der Waals surface area contributed by atoms with Gasteiger partial charge >= 0.3 is 5.97 Å². The monoisotopic (exact) mass is 455 g/mol. The largest absolute Gasteiger partial charge is 0.493 e. The van der Waals surface area contributed by atoms with Crippen molar-refractivity contribution >= 4 is 34.0 Å². The molecule has 0 spiro atoms. The number of piperidine rings is 1. The van der Waals surface area contributed by atoms with Crippen molar-refractivity contribution in [1.82, 2.24) is 4.90 Å². The topological polar surface area (TPSA) is 75.0 Å². The van der Waals surface area contributed by atoms with Crippen LogP contribution in [-0.2, 0) is 9.53 Å². The van der Waals surface area contributed by atoms with Crippen LogP contribution in [0.3, 0.4) is 0 Å². The minimum Gasteiger partial charge on any atom is -0.493 e. The van der Waals surface area contributed by atoms with Crippen molar-refractivity contribution < 1.29 is 19.0 Å². The van der Waals surface area contributed by atoms with Gasteiger partial charge in [0.05, 0.1) is 37.4 Å². The molecule has 1 fully saturated rings. The van der Waals surface area contributed by atoms with Crippen molar-refractivity contribution in [2.45, 2.75) is 18.9 Å². The van der Waals surface area contributed by atoms with Crippen molar-refractivity contribution in [3.05, 3.63) is 40.8 Å². The minimum absolute atomic E-state index is 0.0201. The number of esters is 1. The van der Waals surface area contributed by atoms with E-state index < -0.39 is 0 Å². The second-order valence-electron chi connectivity index (χ2n) is 7.83. The van der Waals surface area contributed by atoms with E-state index in [4.69, 9.17) is 14.2 Å². The van der Waals surface area contributed by atoms with Gasteiger partial charge in [-0.3, -0.25) is 9.69 Å². The molecule has 3 rings (SSSR count). The summed E-state index contributed by atoms with van der Waals surface area (Å²) in [4.78, 5) is 17.0. The number of ether oxygens (including phenoxy) is 3. The third-order valence-corrected chi connectivity index (χ3v) is 6.30. The number of methoxy groups -OCH3 is 2. The molecule has 0 N–H and O–H groups in total. The van der Waals surface area contributed by atoms with Crippen molar-refractivity contribution in [3.63, 3.8) is 0 Å². The quantitative estimate of drug-likeness (QED) is 0.441. The summed E-state index contributed by atoms with van der Waals surface area (Å²) in [5, 5.41) is 10.9. The first-order valence-corrected chi connectivity index (χ1v) is 11.3. The van der Waals surface area contributed by atoms with Gasteiger partial charge in [0.15, 0.2) is 11.5 Å². The van der Waals surface area contributed by atoms with E-state index in [0.717, 1.165) is 41.4 Å². The number of likely N-dealkylation sites (N-methyl/N-ethyl adjacent to an activating group) is 1. The molecule has 0 saturated carbocycles. The highest BCUT2D eigenvalue weighted by molar-refractivity contribution is 7.17. The van der Waals surface area contributed by atoms with E-state index in [1.807, 2.05) is 43.3 Å². The minimum atomic E-state index is -0.170. The zero-order chi connectivity index (χ0) is 23.1. The Morgan fingerprint density at radius 3 is 2.53 bits per heavy atom. The van der Waals surface area contributed by atoms with Gasteiger partial charge in [-0.05, 0) is 56.1 Å². The molecule has 0 amide bonds. The van der Waals surface area contributed by atoms with Gasteiger partial charge in [-0.25, -0.2) is 0 Å². The zero-order valence-corrected chi connectivity index (χ0v) is 19.8. The van der Waals surface area contributed by atoms with Crippen LogP contribution in [0, 0.1) is 11.3 Å². The maximum absolute atomic E-state index is 11.9. The van der Waals surface area contributed by atoms with Crippen LogP contribution < -0.4 is 14.4 Å². The summed E-state index contributed by atoms with van der Waals surface area (Å²) in [6.07, 6.45) is 3.51. The maximum atomic E-state index is 11.9. The molecular weight excluding hydrogens is 426 g/mol. The molecule has 1 aromatic heterocycles. The summed E-state index contributed by atoms with van der Waals surface area (Å²) in [7, 11) is 6.88. The Hall–Kier alpha value is -3.02. The van der Waals surface area contributed by atoms with Crippen molar-refractivity contribution in [1.29, 1.82) is 5.26 Å². The lowest BCUT2D eigenvalue weighted by molar-refractivity contribution is -0.150. The van der Waals surface area contributed by atoms with Crippen LogP contribution in [0.1, 0.15) is 23.3 Å². The molecule has 0 bridgehead atoms. The van der Waals surface area contributed by atoms with Crippen molar-refractivity contribution in [3.8, 4) is 17.6 Å². The summed E-state index contributed by atoms with van der Waals surface area (Å²) < 4.78 is 16.2. The smallest absolute Gasteiger partial charge is 0.320 e. The van der Waals surface area contributed by atoms with Crippen LogP contribution in [0.15, 0.2) is 30.3 Å². The van der Waals surface area contributed by atoms with Gasteiger partial charge in [0.2, 0.25) is 0 Å². The van der Waals surface area contributed by atoms with Crippen LogP contribution in [0.25, 0.3) is 11.6 Å². The molecule has 0 atom stereocenters. The molecule has 32 heavy (non-hydrogen) atoms. The van der Waals surface area contributed by atoms with Crippen molar-refractivity contribution in [2.24, 2.45) is 0 Å². The van der Waals surface area contributed by atoms with E-state index in [1.165, 1.54) is 0 Å². The number of carbonyl (C=O) groups excluding carboxylic acids is 1. The molecule has 2 aromatic rings. The highest BCUT2D eigenvalue weighted by Crippen LogP contribution is 2.34. The Morgan fingerprint density at radius 2 is 1.91 bits per heavy atom. The lowest BCUT2D eigenvalue weighted by Gasteiger charge is -2.32. The molecule has 8 heteroatoms. The van der Waals surface area contributed by atoms with Gasteiger partial charge in [0, 0.05) is 30.8 Å². The second-order valence-corrected chi connectivity index (χ2v) is 8.92. The Balaban J connectivity index is 1.65. The van der Waals surface area contributed by atoms with Gasteiger partial charge in [0.25, 0.3) is 0 Å². The number of hydrogen-bond donors (Lipinski definition) is 0. The molecule has 1 aromatic carbocycles. The number of benzene rings is 1. The van der Waals surface area contributed by atoms with Crippen LogP contribution in [0.4, 0.5) is 5.00 Å². The number of allylic oxidation sites excluding steroid dienone is 1. The highest BCUT2D eigenvalue weighted by atomic mass is 32.1. The third kappa shape index (κ3) is 6.02. The fourth-order valence-corrected chi connectivity index (χ4v) is 4.59. The molecule has 1 aliphatic rings. The summed E-state index contributed by atoms with van der Waals surface area (Å²) in [6, 6.07) is 11.9. The average Bonchev–Trinajstić information content (AvgIpc) is 3.25. The highest BCUT2D eigenvalue weighted by Gasteiger charge is 2.23. The number of rotatable bonds is 8. The fourth-order valence-electron chi connectivity index (χ4n) is 3.59.